The van der Waals surface area contributed by atoms with Crippen molar-refractivity contribution in [2.75, 3.05) is 6.61 Å². The highest BCUT2D eigenvalue weighted by molar-refractivity contribution is 5.87. The molecule has 2 rings (SSSR count). The molecule has 1 amide bonds. The normalized spacial score (nSPS) is 38.1. The number of amides is 1. The van der Waals surface area contributed by atoms with Crippen LogP contribution in [0.5, 0.6) is 0 Å². The lowest BCUT2D eigenvalue weighted by Gasteiger charge is -2.33. The number of carbonyl (C=O) groups is 1. The Bertz CT molecular complexity index is 299. The van der Waals surface area contributed by atoms with Gasteiger partial charge in [-0.25, -0.2) is 0 Å². The smallest absolute Gasteiger partial charge is 0.240 e. The highest BCUT2D eigenvalue weighted by Gasteiger charge is 2.47. The van der Waals surface area contributed by atoms with Gasteiger partial charge in [0.25, 0.3) is 0 Å². The van der Waals surface area contributed by atoms with Gasteiger partial charge < -0.3 is 15.8 Å². The largest absolute Gasteiger partial charge is 0.376 e. The van der Waals surface area contributed by atoms with Crippen LogP contribution in [0.2, 0.25) is 0 Å². The van der Waals surface area contributed by atoms with Crippen molar-refractivity contribution in [3.63, 3.8) is 0 Å². The van der Waals surface area contributed by atoms with Gasteiger partial charge in [0.2, 0.25) is 5.91 Å². The van der Waals surface area contributed by atoms with E-state index in [0.29, 0.717) is 12.5 Å². The van der Waals surface area contributed by atoms with Crippen molar-refractivity contribution in [2.24, 2.45) is 11.7 Å². The molecular weight excluding hydrogens is 204 g/mol. The van der Waals surface area contributed by atoms with Gasteiger partial charge in [0.1, 0.15) is 0 Å². The second-order valence-corrected chi connectivity index (χ2v) is 5.69. The van der Waals surface area contributed by atoms with E-state index in [1.54, 1.807) is 0 Å². The zero-order chi connectivity index (χ0) is 12.0. The van der Waals surface area contributed by atoms with Crippen LogP contribution >= 0.6 is 0 Å². The van der Waals surface area contributed by atoms with E-state index in [0.717, 1.165) is 19.3 Å². The summed E-state index contributed by atoms with van der Waals surface area (Å²) in [5.41, 5.74) is 5.12. The fourth-order valence-corrected chi connectivity index (χ4v) is 2.26. The molecule has 3 N–H and O–H groups in total. The van der Waals surface area contributed by atoms with E-state index in [9.17, 15) is 4.79 Å². The van der Waals surface area contributed by atoms with E-state index in [4.69, 9.17) is 10.5 Å². The number of nitrogens with two attached hydrogens (primary N) is 1. The molecule has 1 heterocycles. The maximum absolute atomic E-state index is 12.2. The number of rotatable bonds is 3. The highest BCUT2D eigenvalue weighted by atomic mass is 16.5. The van der Waals surface area contributed by atoms with E-state index in [1.165, 1.54) is 0 Å². The van der Waals surface area contributed by atoms with Crippen LogP contribution in [-0.2, 0) is 9.53 Å². The van der Waals surface area contributed by atoms with Gasteiger partial charge in [-0.05, 0) is 46.0 Å². The Morgan fingerprint density at radius 1 is 1.56 bits per heavy atom. The first kappa shape index (κ1) is 11.9. The van der Waals surface area contributed by atoms with Gasteiger partial charge in [0, 0.05) is 6.61 Å². The van der Waals surface area contributed by atoms with Crippen molar-refractivity contribution >= 4 is 5.91 Å². The SMILES string of the molecule is CC1OCCC1(C)NC(=O)C(C)(N)C1CC1. The van der Waals surface area contributed by atoms with Crippen LogP contribution in [0.25, 0.3) is 0 Å². The third kappa shape index (κ3) is 1.96. The van der Waals surface area contributed by atoms with Crippen molar-refractivity contribution in [3.05, 3.63) is 0 Å². The summed E-state index contributed by atoms with van der Waals surface area (Å²) in [4.78, 5) is 12.2. The zero-order valence-corrected chi connectivity index (χ0v) is 10.4. The standard InChI is InChI=1S/C12H22N2O2/c1-8-11(2,6-7-16-8)14-10(15)12(3,13)9-4-5-9/h8-9H,4-7,13H2,1-3H3,(H,14,15). The van der Waals surface area contributed by atoms with Crippen molar-refractivity contribution in [1.82, 2.24) is 5.32 Å². The lowest BCUT2D eigenvalue weighted by molar-refractivity contribution is -0.129. The molecule has 0 spiro atoms. The first-order valence-electron chi connectivity index (χ1n) is 6.09. The molecular formula is C12H22N2O2. The average Bonchev–Trinajstić information content (AvgIpc) is 2.96. The Kier molecular flexibility index (Phi) is 2.75. The summed E-state index contributed by atoms with van der Waals surface area (Å²) in [6.45, 7) is 6.58. The van der Waals surface area contributed by atoms with Crippen LogP contribution in [0.15, 0.2) is 0 Å². The predicted octanol–water partition coefficient (Wildman–Crippen LogP) is 0.797. The first-order valence-corrected chi connectivity index (χ1v) is 6.09. The van der Waals surface area contributed by atoms with Crippen LogP contribution in [0.3, 0.4) is 0 Å². The van der Waals surface area contributed by atoms with Crippen molar-refractivity contribution in [3.8, 4) is 0 Å². The third-order valence-electron chi connectivity index (χ3n) is 4.20. The molecule has 1 aliphatic carbocycles. The van der Waals surface area contributed by atoms with Gasteiger partial charge in [0.15, 0.2) is 0 Å². The molecule has 3 atom stereocenters. The van der Waals surface area contributed by atoms with E-state index in [-0.39, 0.29) is 17.6 Å². The Labute approximate surface area is 96.9 Å². The van der Waals surface area contributed by atoms with Gasteiger partial charge in [-0.1, -0.05) is 0 Å². The highest BCUT2D eigenvalue weighted by Crippen LogP contribution is 2.38. The molecule has 16 heavy (non-hydrogen) atoms. The minimum absolute atomic E-state index is 0.0325. The summed E-state index contributed by atoms with van der Waals surface area (Å²) < 4.78 is 5.50. The summed E-state index contributed by atoms with van der Waals surface area (Å²) in [7, 11) is 0. The second kappa shape index (κ2) is 3.70. The van der Waals surface area contributed by atoms with E-state index in [1.807, 2.05) is 20.8 Å². The molecule has 4 nitrogen and oxygen atoms in total. The van der Waals surface area contributed by atoms with Crippen LogP contribution in [-0.4, -0.2) is 29.7 Å². The molecule has 0 radical (unpaired) electrons. The summed E-state index contributed by atoms with van der Waals surface area (Å²) in [5.74, 6) is 0.323. The molecule has 1 saturated heterocycles. The number of nitrogens with one attached hydrogen (secondary N) is 1. The average molecular weight is 226 g/mol. The van der Waals surface area contributed by atoms with Gasteiger partial charge in [-0.2, -0.15) is 0 Å². The van der Waals surface area contributed by atoms with Gasteiger partial charge in [-0.15, -0.1) is 0 Å². The summed E-state index contributed by atoms with van der Waals surface area (Å²) in [6.07, 6.45) is 3.07. The summed E-state index contributed by atoms with van der Waals surface area (Å²) in [6, 6.07) is 0. The molecule has 92 valence electrons. The molecule has 3 unspecified atom stereocenters. The molecule has 0 aromatic heterocycles. The van der Waals surface area contributed by atoms with Gasteiger partial charge >= 0.3 is 0 Å². The molecule has 2 fully saturated rings. The third-order valence-corrected chi connectivity index (χ3v) is 4.20. The molecule has 0 aromatic rings. The Hall–Kier alpha value is -0.610. The lowest BCUT2D eigenvalue weighted by atomic mass is 9.90. The molecule has 2 aliphatic rings. The number of hydrogen-bond acceptors (Lipinski definition) is 3. The van der Waals surface area contributed by atoms with Gasteiger partial charge in [0.05, 0.1) is 17.2 Å². The second-order valence-electron chi connectivity index (χ2n) is 5.69. The van der Waals surface area contributed by atoms with Crippen LogP contribution < -0.4 is 11.1 Å². The van der Waals surface area contributed by atoms with Crippen LogP contribution in [0.4, 0.5) is 0 Å². The van der Waals surface area contributed by atoms with Crippen LogP contribution in [0, 0.1) is 5.92 Å². The fourth-order valence-electron chi connectivity index (χ4n) is 2.26. The van der Waals surface area contributed by atoms with Gasteiger partial charge in [-0.3, -0.25) is 4.79 Å². The van der Waals surface area contributed by atoms with Crippen molar-refractivity contribution in [2.45, 2.75) is 57.2 Å². The van der Waals surface area contributed by atoms with E-state index >= 15 is 0 Å². The molecule has 4 heteroatoms. The van der Waals surface area contributed by atoms with Crippen molar-refractivity contribution < 1.29 is 9.53 Å². The zero-order valence-electron chi connectivity index (χ0n) is 10.4. The topological polar surface area (TPSA) is 64.3 Å². The Balaban J connectivity index is 2.01. The fraction of sp³-hybridized carbons (Fsp3) is 0.917. The Morgan fingerprint density at radius 3 is 2.62 bits per heavy atom. The molecule has 0 aromatic carbocycles. The molecule has 0 bridgehead atoms. The monoisotopic (exact) mass is 226 g/mol. The van der Waals surface area contributed by atoms with E-state index in [2.05, 4.69) is 5.32 Å². The predicted molar refractivity (Wildman–Crippen MR) is 61.9 cm³/mol. The quantitative estimate of drug-likeness (QED) is 0.748. The lowest BCUT2D eigenvalue weighted by Crippen LogP contribution is -2.61. The number of ether oxygens (including phenoxy) is 1. The Morgan fingerprint density at radius 2 is 2.19 bits per heavy atom. The minimum atomic E-state index is -0.717. The molecule has 1 saturated carbocycles. The van der Waals surface area contributed by atoms with Crippen LogP contribution in [0.1, 0.15) is 40.0 Å². The molecule has 1 aliphatic heterocycles. The van der Waals surface area contributed by atoms with Crippen molar-refractivity contribution in [1.29, 1.82) is 0 Å². The maximum atomic E-state index is 12.2. The van der Waals surface area contributed by atoms with E-state index < -0.39 is 5.54 Å². The minimum Gasteiger partial charge on any atom is -0.376 e. The maximum Gasteiger partial charge on any atom is 0.240 e. The number of carbonyl (C=O) groups excluding carboxylic acids is 1. The summed E-state index contributed by atoms with van der Waals surface area (Å²) >= 11 is 0. The summed E-state index contributed by atoms with van der Waals surface area (Å²) in [5, 5.41) is 3.08. The number of hydrogen-bond donors (Lipinski definition) is 2. The first-order chi connectivity index (χ1) is 7.36.